The molecule has 2 aliphatic rings. The Morgan fingerprint density at radius 2 is 2.08 bits per heavy atom. The van der Waals surface area contributed by atoms with Crippen LogP contribution < -0.4 is 5.32 Å². The van der Waals surface area contributed by atoms with Gasteiger partial charge in [0.1, 0.15) is 0 Å². The van der Waals surface area contributed by atoms with Crippen LogP contribution >= 0.6 is 0 Å². The SMILES string of the molecule is O=C(CCN1C(=O)c2ccc([N+](=O)[O-])cc2C1=O)NCC1CCCO1. The van der Waals surface area contributed by atoms with E-state index in [0.29, 0.717) is 13.2 Å². The van der Waals surface area contributed by atoms with E-state index in [0.717, 1.165) is 23.8 Å². The molecule has 3 rings (SSSR count). The number of fused-ring (bicyclic) bond motifs is 1. The van der Waals surface area contributed by atoms with Crippen molar-refractivity contribution < 1.29 is 24.0 Å². The van der Waals surface area contributed by atoms with Crippen LogP contribution in [0.15, 0.2) is 18.2 Å². The monoisotopic (exact) mass is 347 g/mol. The summed E-state index contributed by atoms with van der Waals surface area (Å²) in [7, 11) is 0. The molecule has 1 unspecified atom stereocenters. The lowest BCUT2D eigenvalue weighted by Gasteiger charge is -2.14. The van der Waals surface area contributed by atoms with Gasteiger partial charge < -0.3 is 10.1 Å². The van der Waals surface area contributed by atoms with Gasteiger partial charge in [0.15, 0.2) is 0 Å². The lowest BCUT2D eigenvalue weighted by atomic mass is 10.1. The van der Waals surface area contributed by atoms with E-state index in [4.69, 9.17) is 4.74 Å². The van der Waals surface area contributed by atoms with Crippen molar-refractivity contribution in [2.45, 2.75) is 25.4 Å². The smallest absolute Gasteiger partial charge is 0.270 e. The Morgan fingerprint density at radius 3 is 2.76 bits per heavy atom. The minimum absolute atomic E-state index is 0.000959. The molecule has 0 aliphatic carbocycles. The molecule has 1 aromatic carbocycles. The van der Waals surface area contributed by atoms with Gasteiger partial charge in [-0.25, -0.2) is 0 Å². The van der Waals surface area contributed by atoms with E-state index in [1.54, 1.807) is 0 Å². The molecule has 132 valence electrons. The van der Waals surface area contributed by atoms with E-state index in [2.05, 4.69) is 5.32 Å². The number of hydrogen-bond donors (Lipinski definition) is 1. The first-order chi connectivity index (χ1) is 12.0. The van der Waals surface area contributed by atoms with Crippen molar-refractivity contribution in [1.29, 1.82) is 0 Å². The van der Waals surface area contributed by atoms with Gasteiger partial charge in [0.05, 0.1) is 22.2 Å². The zero-order chi connectivity index (χ0) is 18.0. The Morgan fingerprint density at radius 1 is 1.32 bits per heavy atom. The Labute approximate surface area is 143 Å². The maximum Gasteiger partial charge on any atom is 0.270 e. The predicted octanol–water partition coefficient (Wildman–Crippen LogP) is 0.876. The highest BCUT2D eigenvalue weighted by atomic mass is 16.6. The van der Waals surface area contributed by atoms with Crippen LogP contribution in [0.5, 0.6) is 0 Å². The Hall–Kier alpha value is -2.81. The summed E-state index contributed by atoms with van der Waals surface area (Å²) < 4.78 is 5.40. The van der Waals surface area contributed by atoms with Crippen LogP contribution in [-0.2, 0) is 9.53 Å². The molecule has 0 aromatic heterocycles. The molecule has 1 saturated heterocycles. The number of nitrogens with one attached hydrogen (secondary N) is 1. The van der Waals surface area contributed by atoms with Gasteiger partial charge in [-0.3, -0.25) is 29.4 Å². The second-order valence-electron chi connectivity index (χ2n) is 5.94. The predicted molar refractivity (Wildman–Crippen MR) is 85.1 cm³/mol. The van der Waals surface area contributed by atoms with E-state index < -0.39 is 16.7 Å². The van der Waals surface area contributed by atoms with Gasteiger partial charge in [-0.15, -0.1) is 0 Å². The lowest BCUT2D eigenvalue weighted by Crippen LogP contribution is -2.36. The number of nitro groups is 1. The minimum Gasteiger partial charge on any atom is -0.376 e. The number of carbonyl (C=O) groups excluding carboxylic acids is 3. The van der Waals surface area contributed by atoms with Crippen LogP contribution in [0.25, 0.3) is 0 Å². The molecule has 9 heteroatoms. The first kappa shape index (κ1) is 17.0. The van der Waals surface area contributed by atoms with Crippen molar-refractivity contribution in [1.82, 2.24) is 10.2 Å². The van der Waals surface area contributed by atoms with Crippen molar-refractivity contribution in [2.24, 2.45) is 0 Å². The topological polar surface area (TPSA) is 119 Å². The molecule has 0 saturated carbocycles. The van der Waals surface area contributed by atoms with E-state index in [1.807, 2.05) is 0 Å². The number of amides is 3. The Balaban J connectivity index is 1.58. The normalized spacial score (nSPS) is 19.2. The van der Waals surface area contributed by atoms with Gasteiger partial charge in [0, 0.05) is 38.2 Å². The van der Waals surface area contributed by atoms with Gasteiger partial charge in [0.2, 0.25) is 5.91 Å². The number of nitrogens with zero attached hydrogens (tertiary/aromatic N) is 2. The highest BCUT2D eigenvalue weighted by Crippen LogP contribution is 2.26. The summed E-state index contributed by atoms with van der Waals surface area (Å²) in [5, 5.41) is 13.5. The number of non-ortho nitro benzene ring substituents is 1. The number of imide groups is 1. The second kappa shape index (κ2) is 6.98. The first-order valence-corrected chi connectivity index (χ1v) is 8.00. The van der Waals surface area contributed by atoms with Crippen LogP contribution in [0.2, 0.25) is 0 Å². The molecule has 9 nitrogen and oxygen atoms in total. The summed E-state index contributed by atoms with van der Waals surface area (Å²) in [6.45, 7) is 1.03. The molecule has 0 radical (unpaired) electrons. The highest BCUT2D eigenvalue weighted by Gasteiger charge is 2.36. The molecule has 1 atom stereocenters. The first-order valence-electron chi connectivity index (χ1n) is 8.00. The third kappa shape index (κ3) is 3.50. The molecule has 0 spiro atoms. The molecule has 1 aromatic rings. The number of rotatable bonds is 6. The van der Waals surface area contributed by atoms with Gasteiger partial charge >= 0.3 is 0 Å². The van der Waals surface area contributed by atoms with Crippen molar-refractivity contribution >= 4 is 23.4 Å². The van der Waals surface area contributed by atoms with Crippen molar-refractivity contribution in [3.63, 3.8) is 0 Å². The largest absolute Gasteiger partial charge is 0.376 e. The molecular formula is C16H17N3O6. The second-order valence-corrected chi connectivity index (χ2v) is 5.94. The van der Waals surface area contributed by atoms with E-state index in [-0.39, 0.29) is 41.8 Å². The van der Waals surface area contributed by atoms with Gasteiger partial charge in [-0.2, -0.15) is 0 Å². The Kier molecular flexibility index (Phi) is 4.75. The number of carbonyl (C=O) groups is 3. The summed E-state index contributed by atoms with van der Waals surface area (Å²) in [5.41, 5.74) is -0.134. The zero-order valence-corrected chi connectivity index (χ0v) is 13.4. The molecule has 0 bridgehead atoms. The lowest BCUT2D eigenvalue weighted by molar-refractivity contribution is -0.384. The average molecular weight is 347 g/mol. The van der Waals surface area contributed by atoms with E-state index in [1.165, 1.54) is 12.1 Å². The fraction of sp³-hybridized carbons (Fsp3) is 0.438. The van der Waals surface area contributed by atoms with E-state index in [9.17, 15) is 24.5 Å². The molecule has 1 fully saturated rings. The molecular weight excluding hydrogens is 330 g/mol. The van der Waals surface area contributed by atoms with E-state index >= 15 is 0 Å². The number of nitro benzene ring substituents is 1. The fourth-order valence-corrected chi connectivity index (χ4v) is 2.93. The molecule has 25 heavy (non-hydrogen) atoms. The van der Waals surface area contributed by atoms with Gasteiger partial charge in [-0.1, -0.05) is 0 Å². The summed E-state index contributed by atoms with van der Waals surface area (Å²) in [6, 6.07) is 3.54. The summed E-state index contributed by atoms with van der Waals surface area (Å²) in [6.07, 6.45) is 1.86. The molecule has 2 heterocycles. The zero-order valence-electron chi connectivity index (χ0n) is 13.4. The van der Waals surface area contributed by atoms with Crippen molar-refractivity contribution in [2.75, 3.05) is 19.7 Å². The van der Waals surface area contributed by atoms with Crippen molar-refractivity contribution in [3.05, 3.63) is 39.4 Å². The number of benzene rings is 1. The average Bonchev–Trinajstić information content (AvgIpc) is 3.19. The summed E-state index contributed by atoms with van der Waals surface area (Å²) >= 11 is 0. The standard InChI is InChI=1S/C16H17N3O6/c20-14(17-9-11-2-1-7-25-11)5-6-18-15(21)12-4-3-10(19(23)24)8-13(12)16(18)22/h3-4,8,11H,1-2,5-7,9H2,(H,17,20). The summed E-state index contributed by atoms with van der Waals surface area (Å²) in [5.74, 6) is -1.43. The van der Waals surface area contributed by atoms with Crippen LogP contribution in [0, 0.1) is 10.1 Å². The maximum atomic E-state index is 12.3. The summed E-state index contributed by atoms with van der Waals surface area (Å²) in [4.78, 5) is 47.5. The Bertz CT molecular complexity index is 741. The quantitative estimate of drug-likeness (QED) is 0.463. The molecule has 1 N–H and O–H groups in total. The van der Waals surface area contributed by atoms with Crippen molar-refractivity contribution in [3.8, 4) is 0 Å². The van der Waals surface area contributed by atoms with Crippen LogP contribution in [0.1, 0.15) is 40.0 Å². The number of ether oxygens (including phenoxy) is 1. The number of hydrogen-bond acceptors (Lipinski definition) is 6. The van der Waals surface area contributed by atoms with Crippen LogP contribution in [0.3, 0.4) is 0 Å². The fourth-order valence-electron chi connectivity index (χ4n) is 2.93. The third-order valence-electron chi connectivity index (χ3n) is 4.28. The van der Waals surface area contributed by atoms with Crippen LogP contribution in [-0.4, -0.2) is 53.3 Å². The molecule has 2 aliphatic heterocycles. The third-order valence-corrected chi connectivity index (χ3v) is 4.28. The maximum absolute atomic E-state index is 12.3. The molecule has 3 amide bonds. The minimum atomic E-state index is -0.626. The van der Waals surface area contributed by atoms with Crippen LogP contribution in [0.4, 0.5) is 5.69 Å². The van der Waals surface area contributed by atoms with Gasteiger partial charge in [0.25, 0.3) is 17.5 Å². The van der Waals surface area contributed by atoms with Gasteiger partial charge in [-0.05, 0) is 18.9 Å². The highest BCUT2D eigenvalue weighted by molar-refractivity contribution is 6.21.